The van der Waals surface area contributed by atoms with Crippen LogP contribution in [0.1, 0.15) is 107 Å². The van der Waals surface area contributed by atoms with Crippen LogP contribution < -0.4 is 5.32 Å². The normalized spacial score (nSPS) is 39.4. The van der Waals surface area contributed by atoms with E-state index >= 15 is 0 Å². The Kier molecular flexibility index (Phi) is 8.85. The lowest BCUT2D eigenvalue weighted by Crippen LogP contribution is -2.61. The molecular formula is C32H55NO6. The van der Waals surface area contributed by atoms with E-state index in [4.69, 9.17) is 4.74 Å². The molecule has 0 aromatic carbocycles. The second kappa shape index (κ2) is 10.8. The van der Waals surface area contributed by atoms with Crippen LogP contribution in [0, 0.1) is 45.3 Å². The van der Waals surface area contributed by atoms with Gasteiger partial charge in [0.25, 0.3) is 0 Å². The molecule has 7 nitrogen and oxygen atoms in total. The highest BCUT2D eigenvalue weighted by Crippen LogP contribution is 2.74. The molecule has 1 amide bonds. The van der Waals surface area contributed by atoms with Crippen LogP contribution >= 0.6 is 0 Å². The van der Waals surface area contributed by atoms with Gasteiger partial charge in [0.05, 0.1) is 29.8 Å². The molecule has 0 heterocycles. The summed E-state index contributed by atoms with van der Waals surface area (Å²) in [6.45, 7) is 16.2. The first kappa shape index (κ1) is 32.1. The van der Waals surface area contributed by atoms with Crippen molar-refractivity contribution in [3.8, 4) is 0 Å². The predicted octanol–water partition coefficient (Wildman–Crippen LogP) is 4.97. The minimum absolute atomic E-state index is 0.00695. The first-order chi connectivity index (χ1) is 17.8. The van der Waals surface area contributed by atoms with E-state index in [1.807, 2.05) is 20.8 Å². The van der Waals surface area contributed by atoms with E-state index in [0.29, 0.717) is 31.1 Å². The van der Waals surface area contributed by atoms with E-state index in [9.17, 15) is 24.9 Å². The van der Waals surface area contributed by atoms with Crippen molar-refractivity contribution in [1.29, 1.82) is 0 Å². The Morgan fingerprint density at radius 3 is 2.21 bits per heavy atom. The largest absolute Gasteiger partial charge is 0.469 e. The van der Waals surface area contributed by atoms with Crippen molar-refractivity contribution >= 4 is 12.4 Å². The van der Waals surface area contributed by atoms with Gasteiger partial charge in [0.2, 0.25) is 6.41 Å². The summed E-state index contributed by atoms with van der Waals surface area (Å²) in [6, 6.07) is 0. The highest BCUT2D eigenvalue weighted by molar-refractivity contribution is 5.76. The van der Waals surface area contributed by atoms with E-state index in [0.717, 1.165) is 38.5 Å². The third-order valence-electron chi connectivity index (χ3n) is 12.3. The standard InChI is InChI=1S/C32H55NO6/c1-27(2,26(36)39-9)23-13-16-31(7)24(29(23,5)18-19-33-20-34)11-10-21-22(12-15-30(21,31)6)32(8,38)17-14-25(35)28(3,4)37/h18-25,35,37-38H,10-17H2,1-9H3,(H,33,34)/b19-18+/t21-,22+,23+,24-,25-,29+,30-,31-,32-/m1/s1. The molecule has 224 valence electrons. The van der Waals surface area contributed by atoms with Crippen LogP contribution in [0.4, 0.5) is 0 Å². The third kappa shape index (κ3) is 5.32. The molecule has 7 heteroatoms. The van der Waals surface area contributed by atoms with Crippen LogP contribution in [0.3, 0.4) is 0 Å². The Labute approximate surface area is 236 Å². The summed E-state index contributed by atoms with van der Waals surface area (Å²) in [6.07, 6.45) is 10.3. The van der Waals surface area contributed by atoms with Gasteiger partial charge >= 0.3 is 5.97 Å². The summed E-state index contributed by atoms with van der Waals surface area (Å²) in [5.74, 6) is 0.601. The number of ether oxygens (including phenoxy) is 1. The van der Waals surface area contributed by atoms with Crippen molar-refractivity contribution in [2.45, 2.75) is 124 Å². The lowest BCUT2D eigenvalue weighted by atomic mass is 9.37. The van der Waals surface area contributed by atoms with Crippen molar-refractivity contribution < 1.29 is 29.6 Å². The SMILES string of the molecule is COC(=O)C(C)(C)[C@@H]1CC[C@]2(C)[C@H](CC[C@@H]3[C@@H]([C@](C)(O)CC[C@@H](O)C(C)(C)O)CC[C@]32C)[C@@]1(C)/C=C/NC=O. The van der Waals surface area contributed by atoms with Crippen molar-refractivity contribution in [3.63, 3.8) is 0 Å². The molecule has 3 saturated carbocycles. The Morgan fingerprint density at radius 2 is 1.64 bits per heavy atom. The van der Waals surface area contributed by atoms with Crippen LogP contribution in [0.25, 0.3) is 0 Å². The molecule has 0 aromatic rings. The van der Waals surface area contributed by atoms with E-state index < -0.39 is 22.7 Å². The number of aliphatic hydroxyl groups is 3. The van der Waals surface area contributed by atoms with Crippen molar-refractivity contribution in [1.82, 2.24) is 5.32 Å². The van der Waals surface area contributed by atoms with Gasteiger partial charge in [0.1, 0.15) is 0 Å². The Bertz CT molecular complexity index is 937. The molecule has 3 aliphatic rings. The summed E-state index contributed by atoms with van der Waals surface area (Å²) in [4.78, 5) is 24.1. The van der Waals surface area contributed by atoms with Gasteiger partial charge in [-0.2, -0.15) is 0 Å². The average Bonchev–Trinajstić information content (AvgIpc) is 3.20. The average molecular weight is 550 g/mol. The minimum atomic E-state index is -1.20. The molecule has 0 aliphatic heterocycles. The lowest BCUT2D eigenvalue weighted by Gasteiger charge is -2.67. The van der Waals surface area contributed by atoms with Gasteiger partial charge in [-0.15, -0.1) is 0 Å². The predicted molar refractivity (Wildman–Crippen MR) is 152 cm³/mol. The molecule has 0 spiro atoms. The van der Waals surface area contributed by atoms with Gasteiger partial charge < -0.3 is 25.4 Å². The minimum Gasteiger partial charge on any atom is -0.469 e. The van der Waals surface area contributed by atoms with Gasteiger partial charge in [-0.05, 0) is 126 Å². The van der Waals surface area contributed by atoms with E-state index in [1.165, 1.54) is 7.11 Å². The Morgan fingerprint density at radius 1 is 1.03 bits per heavy atom. The molecule has 0 radical (unpaired) electrons. The molecule has 0 aromatic heterocycles. The number of allylic oxidation sites excluding steroid dienone is 1. The van der Waals surface area contributed by atoms with Gasteiger partial charge in [-0.1, -0.05) is 26.8 Å². The molecule has 0 unspecified atom stereocenters. The maximum Gasteiger partial charge on any atom is 0.311 e. The van der Waals surface area contributed by atoms with Crippen LogP contribution in [-0.2, 0) is 14.3 Å². The highest BCUT2D eigenvalue weighted by atomic mass is 16.5. The van der Waals surface area contributed by atoms with Crippen molar-refractivity contribution in [2.75, 3.05) is 7.11 Å². The monoisotopic (exact) mass is 549 g/mol. The molecule has 39 heavy (non-hydrogen) atoms. The zero-order valence-corrected chi connectivity index (χ0v) is 25.8. The summed E-state index contributed by atoms with van der Waals surface area (Å²) in [5, 5.41) is 35.1. The topological polar surface area (TPSA) is 116 Å². The molecule has 4 N–H and O–H groups in total. The third-order valence-corrected chi connectivity index (χ3v) is 12.3. The zero-order valence-electron chi connectivity index (χ0n) is 25.8. The second-order valence-corrected chi connectivity index (χ2v) is 15.1. The van der Waals surface area contributed by atoms with E-state index in [2.05, 4.69) is 32.2 Å². The number of aliphatic hydroxyl groups excluding tert-OH is 1. The summed E-state index contributed by atoms with van der Waals surface area (Å²) >= 11 is 0. The van der Waals surface area contributed by atoms with Gasteiger partial charge in [0.15, 0.2) is 0 Å². The number of hydrogen-bond donors (Lipinski definition) is 4. The maximum absolute atomic E-state index is 13.0. The number of nitrogens with one attached hydrogen (secondary N) is 1. The van der Waals surface area contributed by atoms with Gasteiger partial charge in [-0.25, -0.2) is 0 Å². The smallest absolute Gasteiger partial charge is 0.311 e. The lowest BCUT2D eigenvalue weighted by molar-refractivity contribution is -0.191. The number of carbonyl (C=O) groups excluding carboxylic acids is 2. The Balaban J connectivity index is 1.96. The molecule has 0 bridgehead atoms. The first-order valence-electron chi connectivity index (χ1n) is 14.9. The maximum atomic E-state index is 13.0. The number of fused-ring (bicyclic) bond motifs is 3. The fraction of sp³-hybridized carbons (Fsp3) is 0.875. The number of esters is 1. The van der Waals surface area contributed by atoms with Crippen LogP contribution in [0.15, 0.2) is 12.3 Å². The first-order valence-corrected chi connectivity index (χ1v) is 14.9. The molecule has 9 atom stereocenters. The quantitative estimate of drug-likeness (QED) is 0.226. The van der Waals surface area contributed by atoms with Crippen LogP contribution in [0.5, 0.6) is 0 Å². The number of amides is 1. The molecule has 3 fully saturated rings. The van der Waals surface area contributed by atoms with Gasteiger partial charge in [-0.3, -0.25) is 9.59 Å². The van der Waals surface area contributed by atoms with Crippen LogP contribution in [-0.4, -0.2) is 52.1 Å². The van der Waals surface area contributed by atoms with Gasteiger partial charge in [0, 0.05) is 6.20 Å². The molecule has 3 aliphatic carbocycles. The number of hydrogen-bond acceptors (Lipinski definition) is 6. The molecule has 3 rings (SSSR count). The summed E-state index contributed by atoms with van der Waals surface area (Å²) in [5.41, 5.74) is -3.16. The van der Waals surface area contributed by atoms with Crippen molar-refractivity contribution in [3.05, 3.63) is 12.3 Å². The zero-order chi connectivity index (χ0) is 29.7. The number of rotatable bonds is 10. The fourth-order valence-corrected chi connectivity index (χ4v) is 9.79. The molecule has 0 saturated heterocycles. The summed E-state index contributed by atoms with van der Waals surface area (Å²) in [7, 11) is 1.45. The van der Waals surface area contributed by atoms with Crippen LogP contribution in [0.2, 0.25) is 0 Å². The fourth-order valence-electron chi connectivity index (χ4n) is 9.79. The summed E-state index contributed by atoms with van der Waals surface area (Å²) < 4.78 is 5.25. The van der Waals surface area contributed by atoms with Crippen molar-refractivity contribution in [2.24, 2.45) is 45.3 Å². The second-order valence-electron chi connectivity index (χ2n) is 15.1. The Hall–Kier alpha value is -1.44. The van der Waals surface area contributed by atoms with E-state index in [-0.39, 0.29) is 34.1 Å². The number of methoxy groups -OCH3 is 1. The van der Waals surface area contributed by atoms with E-state index in [1.54, 1.807) is 20.0 Å². The number of carbonyl (C=O) groups is 2. The highest BCUT2D eigenvalue weighted by Gasteiger charge is 2.68. The molecular weight excluding hydrogens is 494 g/mol.